The highest BCUT2D eigenvalue weighted by molar-refractivity contribution is 6.35. The Hall–Kier alpha value is -2.21. The predicted molar refractivity (Wildman–Crippen MR) is 110 cm³/mol. The number of hydrogen-bond donors (Lipinski definition) is 0. The van der Waals surface area contributed by atoms with E-state index in [1.807, 2.05) is 0 Å². The van der Waals surface area contributed by atoms with Gasteiger partial charge in [-0.3, -0.25) is 0 Å². The average molecular weight is 459 g/mol. The molecular weight excluding hydrogens is 446 g/mol. The molecule has 0 N–H and O–H groups in total. The predicted octanol–water partition coefficient (Wildman–Crippen LogP) is 7.63. The number of rotatable bonds is 5. The topological polar surface area (TPSA) is 21.6 Å². The normalized spacial score (nSPS) is 12.1. The number of alkyl halides is 3. The Morgan fingerprint density at radius 1 is 0.862 bits per heavy atom. The smallest absolute Gasteiger partial charge is 0.390 e. The van der Waals surface area contributed by atoms with Gasteiger partial charge in [0.25, 0.3) is 0 Å². The second-order valence-corrected chi connectivity index (χ2v) is 7.28. The maximum atomic E-state index is 13.6. The molecule has 0 saturated heterocycles. The molecule has 0 heterocycles. The van der Waals surface area contributed by atoms with Crippen LogP contribution >= 0.6 is 34.8 Å². The fourth-order valence-electron chi connectivity index (χ4n) is 2.62. The summed E-state index contributed by atoms with van der Waals surface area (Å²) in [7, 11) is 0. The van der Waals surface area contributed by atoms with Crippen molar-refractivity contribution >= 4 is 40.5 Å². The van der Waals surface area contributed by atoms with Crippen LogP contribution in [-0.2, 0) is 17.6 Å². The molecule has 0 atom stereocenters. The summed E-state index contributed by atoms with van der Waals surface area (Å²) < 4.78 is 40.7. The van der Waals surface area contributed by atoms with Crippen LogP contribution in [0, 0.1) is 0 Å². The van der Waals surface area contributed by atoms with E-state index in [1.54, 1.807) is 48.5 Å². The van der Waals surface area contributed by atoms with Gasteiger partial charge >= 0.3 is 6.18 Å². The molecular formula is C21H13Cl3F3NO. The molecule has 0 bridgehead atoms. The van der Waals surface area contributed by atoms with Gasteiger partial charge in [0.2, 0.25) is 0 Å². The first-order valence-electron chi connectivity index (χ1n) is 8.32. The van der Waals surface area contributed by atoms with Crippen LogP contribution in [0.25, 0.3) is 0 Å². The highest BCUT2D eigenvalue weighted by atomic mass is 35.5. The van der Waals surface area contributed by atoms with Crippen LogP contribution in [0.3, 0.4) is 0 Å². The van der Waals surface area contributed by atoms with Crippen LogP contribution in [0.2, 0.25) is 15.1 Å². The third-order valence-corrected chi connectivity index (χ3v) is 4.80. The van der Waals surface area contributed by atoms with Crippen LogP contribution in [0.5, 0.6) is 0 Å². The van der Waals surface area contributed by atoms with Crippen molar-refractivity contribution in [2.24, 2.45) is 5.16 Å². The lowest BCUT2D eigenvalue weighted by Crippen LogP contribution is -2.15. The summed E-state index contributed by atoms with van der Waals surface area (Å²) in [6.45, 7) is -0.0474. The van der Waals surface area contributed by atoms with Crippen molar-refractivity contribution in [1.29, 1.82) is 0 Å². The standard InChI is InChI=1S/C21H13Cl3F3NO/c22-15-8-9-18(21(25,26)27)17(10-15)20(13-4-2-1-3-5-13)28-29-12-14-6-7-16(23)11-19(14)24/h1-11H,12H2. The second-order valence-electron chi connectivity index (χ2n) is 6.00. The van der Waals surface area contributed by atoms with Gasteiger partial charge in [0.1, 0.15) is 12.3 Å². The fraction of sp³-hybridized carbons (Fsp3) is 0.0952. The number of halogens is 6. The van der Waals surface area contributed by atoms with Gasteiger partial charge in [0.15, 0.2) is 0 Å². The molecule has 0 fully saturated rings. The van der Waals surface area contributed by atoms with E-state index < -0.39 is 11.7 Å². The quantitative estimate of drug-likeness (QED) is 0.284. The van der Waals surface area contributed by atoms with E-state index in [9.17, 15) is 13.2 Å². The lowest BCUT2D eigenvalue weighted by molar-refractivity contribution is -0.137. The maximum absolute atomic E-state index is 13.6. The van der Waals surface area contributed by atoms with Crippen molar-refractivity contribution in [2.75, 3.05) is 0 Å². The van der Waals surface area contributed by atoms with Crippen LogP contribution in [0.4, 0.5) is 13.2 Å². The molecule has 0 aliphatic carbocycles. The molecule has 0 radical (unpaired) electrons. The zero-order valence-corrected chi connectivity index (χ0v) is 16.9. The van der Waals surface area contributed by atoms with E-state index in [-0.39, 0.29) is 22.9 Å². The van der Waals surface area contributed by atoms with E-state index in [2.05, 4.69) is 5.16 Å². The van der Waals surface area contributed by atoms with E-state index in [0.29, 0.717) is 21.2 Å². The lowest BCUT2D eigenvalue weighted by Gasteiger charge is -2.15. The third kappa shape index (κ3) is 5.44. The van der Waals surface area contributed by atoms with Crippen LogP contribution < -0.4 is 0 Å². The fourth-order valence-corrected chi connectivity index (χ4v) is 3.25. The Kier molecular flexibility index (Phi) is 6.73. The molecule has 150 valence electrons. The minimum absolute atomic E-state index is 0.00510. The largest absolute Gasteiger partial charge is 0.417 e. The summed E-state index contributed by atoms with van der Waals surface area (Å²) in [4.78, 5) is 5.37. The Morgan fingerprint density at radius 2 is 1.52 bits per heavy atom. The minimum Gasteiger partial charge on any atom is -0.390 e. The summed E-state index contributed by atoms with van der Waals surface area (Å²) in [5.41, 5.74) is -0.00150. The minimum atomic E-state index is -4.59. The second kappa shape index (κ2) is 9.08. The highest BCUT2D eigenvalue weighted by Crippen LogP contribution is 2.34. The summed E-state index contributed by atoms with van der Waals surface area (Å²) in [5.74, 6) is 0. The van der Waals surface area contributed by atoms with Crippen molar-refractivity contribution in [1.82, 2.24) is 0 Å². The van der Waals surface area contributed by atoms with E-state index in [4.69, 9.17) is 39.6 Å². The van der Waals surface area contributed by atoms with Gasteiger partial charge in [-0.25, -0.2) is 0 Å². The van der Waals surface area contributed by atoms with E-state index >= 15 is 0 Å². The van der Waals surface area contributed by atoms with Crippen molar-refractivity contribution in [3.8, 4) is 0 Å². The molecule has 0 aromatic heterocycles. The van der Waals surface area contributed by atoms with Gasteiger partial charge in [-0.2, -0.15) is 13.2 Å². The SMILES string of the molecule is FC(F)(F)c1ccc(Cl)cc1C(=NOCc1ccc(Cl)cc1Cl)c1ccccc1. The van der Waals surface area contributed by atoms with Gasteiger partial charge in [-0.15, -0.1) is 0 Å². The van der Waals surface area contributed by atoms with Crippen LogP contribution in [0.1, 0.15) is 22.3 Å². The van der Waals surface area contributed by atoms with Crippen molar-refractivity contribution < 1.29 is 18.0 Å². The molecule has 0 amide bonds. The molecule has 0 spiro atoms. The molecule has 8 heteroatoms. The molecule has 3 rings (SSSR count). The zero-order valence-electron chi connectivity index (χ0n) is 14.7. The highest BCUT2D eigenvalue weighted by Gasteiger charge is 2.35. The molecule has 0 unspecified atom stereocenters. The first-order valence-corrected chi connectivity index (χ1v) is 9.45. The first kappa shape index (κ1) is 21.5. The molecule has 3 aromatic rings. The molecule has 0 aliphatic heterocycles. The Morgan fingerprint density at radius 3 is 2.17 bits per heavy atom. The number of oxime groups is 1. The van der Waals surface area contributed by atoms with Crippen molar-refractivity contribution in [3.63, 3.8) is 0 Å². The summed E-state index contributed by atoms with van der Waals surface area (Å²) in [5, 5.41) is 4.98. The van der Waals surface area contributed by atoms with Gasteiger partial charge in [-0.1, -0.05) is 76.4 Å². The van der Waals surface area contributed by atoms with Gasteiger partial charge in [-0.05, 0) is 30.3 Å². The van der Waals surface area contributed by atoms with Crippen molar-refractivity contribution in [2.45, 2.75) is 12.8 Å². The van der Waals surface area contributed by atoms with Crippen LogP contribution in [-0.4, -0.2) is 5.71 Å². The summed E-state index contributed by atoms with van der Waals surface area (Å²) >= 11 is 17.9. The van der Waals surface area contributed by atoms with E-state index in [1.165, 1.54) is 12.1 Å². The Labute approximate surface area is 180 Å². The molecule has 0 saturated carbocycles. The number of nitrogens with zero attached hydrogens (tertiary/aromatic N) is 1. The Balaban J connectivity index is 2.03. The number of benzene rings is 3. The average Bonchev–Trinajstić information content (AvgIpc) is 2.66. The summed E-state index contributed by atoms with van der Waals surface area (Å²) in [6, 6.07) is 16.6. The maximum Gasteiger partial charge on any atom is 0.417 e. The van der Waals surface area contributed by atoms with Gasteiger partial charge < -0.3 is 4.84 Å². The van der Waals surface area contributed by atoms with Gasteiger partial charge in [0.05, 0.1) is 5.56 Å². The number of hydrogen-bond acceptors (Lipinski definition) is 2. The lowest BCUT2D eigenvalue weighted by atomic mass is 9.97. The Bertz CT molecular complexity index is 1040. The molecule has 29 heavy (non-hydrogen) atoms. The third-order valence-electron chi connectivity index (χ3n) is 3.98. The first-order chi connectivity index (χ1) is 13.8. The molecule has 3 aromatic carbocycles. The zero-order chi connectivity index (χ0) is 21.0. The molecule has 2 nitrogen and oxygen atoms in total. The van der Waals surface area contributed by atoms with E-state index in [0.717, 1.165) is 6.07 Å². The van der Waals surface area contributed by atoms with Gasteiger partial charge in [0, 0.05) is 31.8 Å². The van der Waals surface area contributed by atoms with Crippen LogP contribution in [0.15, 0.2) is 71.9 Å². The monoisotopic (exact) mass is 457 g/mol. The summed E-state index contributed by atoms with van der Waals surface area (Å²) in [6.07, 6.45) is -4.59. The molecule has 0 aliphatic rings. The van der Waals surface area contributed by atoms with Crippen molar-refractivity contribution in [3.05, 3.63) is 104 Å².